The number of hydrogen-bond donors (Lipinski definition) is 1. The van der Waals surface area contributed by atoms with E-state index in [1.165, 1.54) is 0 Å². The molecule has 72 valence electrons. The average Bonchev–Trinajstić information content (AvgIpc) is 2.09. The van der Waals surface area contributed by atoms with Gasteiger partial charge in [0.15, 0.2) is 6.67 Å². The minimum atomic E-state index is -3.60. The van der Waals surface area contributed by atoms with E-state index in [1.54, 1.807) is 5.32 Å². The smallest absolute Gasteiger partial charge is 0.325 e. The molecule has 0 spiro atoms. The van der Waals surface area contributed by atoms with Crippen molar-refractivity contribution in [2.45, 2.75) is 6.05 Å². The maximum Gasteiger partial charge on any atom is 0.351 e. The zero-order valence-electron chi connectivity index (χ0n) is 6.53. The predicted octanol–water partition coefficient (Wildman–Crippen LogP) is 2.80. The number of halogens is 4. The fourth-order valence-corrected chi connectivity index (χ4v) is 0.778. The lowest BCUT2D eigenvalue weighted by molar-refractivity contribution is 0.00683. The topological polar surface area (TPSA) is 12.0 Å². The van der Waals surface area contributed by atoms with E-state index in [-0.39, 0.29) is 5.69 Å². The predicted molar refractivity (Wildman–Crippen MR) is 40.9 cm³/mol. The maximum absolute atomic E-state index is 12.4. The number of rotatable bonds is 3. The lowest BCUT2D eigenvalue weighted by Gasteiger charge is -2.14. The van der Waals surface area contributed by atoms with Crippen molar-refractivity contribution in [2.24, 2.45) is 0 Å². The molecule has 0 saturated carbocycles. The van der Waals surface area contributed by atoms with E-state index >= 15 is 0 Å². The molecule has 0 heterocycles. The molecule has 0 saturated heterocycles. The van der Waals surface area contributed by atoms with Crippen molar-refractivity contribution in [3.8, 4) is 0 Å². The first-order chi connectivity index (χ1) is 6.03. The molecule has 0 bridgehead atoms. The van der Waals surface area contributed by atoms with Gasteiger partial charge in [-0.1, -0.05) is 0 Å². The van der Waals surface area contributed by atoms with Gasteiger partial charge >= 0.3 is 6.05 Å². The summed E-state index contributed by atoms with van der Waals surface area (Å²) >= 11 is 0. The van der Waals surface area contributed by atoms with Gasteiger partial charge in [0.2, 0.25) is 0 Å². The molecule has 0 aromatic heterocycles. The van der Waals surface area contributed by atoms with Crippen molar-refractivity contribution < 1.29 is 17.6 Å². The van der Waals surface area contributed by atoms with E-state index in [4.69, 9.17) is 0 Å². The standard InChI is InChI=1S/C8H7F4N/c9-5-8(11,12)13-7-3-1-6(10)2-4-7/h1-4,13H,5H2. The molecular weight excluding hydrogens is 186 g/mol. The van der Waals surface area contributed by atoms with E-state index < -0.39 is 18.5 Å². The molecule has 0 unspecified atom stereocenters. The third-order valence-electron chi connectivity index (χ3n) is 1.34. The fraction of sp³-hybridized carbons (Fsp3) is 0.250. The van der Waals surface area contributed by atoms with Crippen LogP contribution in [-0.4, -0.2) is 12.7 Å². The van der Waals surface area contributed by atoms with Crippen LogP contribution in [0.1, 0.15) is 0 Å². The summed E-state index contributed by atoms with van der Waals surface area (Å²) in [5.74, 6) is -0.533. The molecule has 13 heavy (non-hydrogen) atoms. The first-order valence-electron chi connectivity index (χ1n) is 3.51. The number of hydrogen-bond acceptors (Lipinski definition) is 1. The van der Waals surface area contributed by atoms with Gasteiger partial charge in [0.1, 0.15) is 5.82 Å². The quantitative estimate of drug-likeness (QED) is 0.574. The van der Waals surface area contributed by atoms with Gasteiger partial charge in [0.25, 0.3) is 0 Å². The number of anilines is 1. The first-order valence-corrected chi connectivity index (χ1v) is 3.51. The van der Waals surface area contributed by atoms with E-state index in [2.05, 4.69) is 0 Å². The summed E-state index contributed by atoms with van der Waals surface area (Å²) in [7, 11) is 0. The minimum Gasteiger partial charge on any atom is -0.325 e. The zero-order valence-corrected chi connectivity index (χ0v) is 6.53. The summed E-state index contributed by atoms with van der Waals surface area (Å²) in [6, 6.07) is 0.642. The first kappa shape index (κ1) is 9.83. The summed E-state index contributed by atoms with van der Waals surface area (Å²) in [6.45, 7) is -1.80. The number of alkyl halides is 3. The largest absolute Gasteiger partial charge is 0.351 e. The lowest BCUT2D eigenvalue weighted by atomic mass is 10.3. The second-order valence-electron chi connectivity index (χ2n) is 2.47. The second-order valence-corrected chi connectivity index (χ2v) is 2.47. The highest BCUT2D eigenvalue weighted by molar-refractivity contribution is 5.43. The lowest BCUT2D eigenvalue weighted by Crippen LogP contribution is -2.29. The normalized spacial score (nSPS) is 11.4. The van der Waals surface area contributed by atoms with Crippen LogP contribution >= 0.6 is 0 Å². The van der Waals surface area contributed by atoms with Crippen molar-refractivity contribution in [3.05, 3.63) is 30.1 Å². The zero-order chi connectivity index (χ0) is 9.90. The molecular formula is C8H7F4N. The molecule has 0 amide bonds. The molecule has 1 N–H and O–H groups in total. The molecule has 0 aliphatic carbocycles. The summed E-state index contributed by atoms with van der Waals surface area (Å²) in [5, 5.41) is 1.62. The Labute approximate surface area is 72.4 Å². The number of benzene rings is 1. The van der Waals surface area contributed by atoms with Crippen LogP contribution in [0.5, 0.6) is 0 Å². The van der Waals surface area contributed by atoms with Crippen LogP contribution in [0, 0.1) is 5.82 Å². The summed E-state index contributed by atoms with van der Waals surface area (Å²) in [6.07, 6.45) is 0. The summed E-state index contributed by atoms with van der Waals surface area (Å²) in [5.41, 5.74) is -0.0240. The van der Waals surface area contributed by atoms with Gasteiger partial charge < -0.3 is 5.32 Å². The van der Waals surface area contributed by atoms with E-state index in [0.717, 1.165) is 24.3 Å². The third-order valence-corrected chi connectivity index (χ3v) is 1.34. The Balaban J connectivity index is 2.69. The molecule has 0 fully saturated rings. The molecule has 1 rings (SSSR count). The molecule has 1 aromatic rings. The van der Waals surface area contributed by atoms with Crippen LogP contribution in [0.15, 0.2) is 24.3 Å². The molecule has 0 atom stereocenters. The van der Waals surface area contributed by atoms with E-state index in [9.17, 15) is 17.6 Å². The highest BCUT2D eigenvalue weighted by atomic mass is 19.3. The van der Waals surface area contributed by atoms with Gasteiger partial charge in [-0.25, -0.2) is 8.78 Å². The Hall–Kier alpha value is -1.26. The van der Waals surface area contributed by atoms with Gasteiger partial charge in [0, 0.05) is 5.69 Å². The molecule has 1 aromatic carbocycles. The summed E-state index contributed by atoms with van der Waals surface area (Å²) in [4.78, 5) is 0. The monoisotopic (exact) mass is 193 g/mol. The van der Waals surface area contributed by atoms with Gasteiger partial charge in [-0.2, -0.15) is 8.78 Å². The van der Waals surface area contributed by atoms with Crippen LogP contribution < -0.4 is 5.32 Å². The van der Waals surface area contributed by atoms with Crippen LogP contribution in [0.2, 0.25) is 0 Å². The third kappa shape index (κ3) is 2.93. The SMILES string of the molecule is FCC(F)(F)Nc1ccc(F)cc1. The van der Waals surface area contributed by atoms with Gasteiger partial charge in [-0.3, -0.25) is 0 Å². The van der Waals surface area contributed by atoms with Crippen LogP contribution in [0.25, 0.3) is 0 Å². The molecule has 5 heteroatoms. The Morgan fingerprint density at radius 3 is 2.15 bits per heavy atom. The van der Waals surface area contributed by atoms with E-state index in [0.29, 0.717) is 0 Å². The van der Waals surface area contributed by atoms with Gasteiger partial charge in [0.05, 0.1) is 0 Å². The van der Waals surface area contributed by atoms with Gasteiger partial charge in [-0.05, 0) is 24.3 Å². The molecule has 0 aliphatic rings. The van der Waals surface area contributed by atoms with Crippen LogP contribution in [-0.2, 0) is 0 Å². The van der Waals surface area contributed by atoms with Crippen molar-refractivity contribution in [1.29, 1.82) is 0 Å². The highest BCUT2D eigenvalue weighted by Crippen LogP contribution is 2.18. The minimum absolute atomic E-state index is 0.0240. The Morgan fingerprint density at radius 2 is 1.69 bits per heavy atom. The fourth-order valence-electron chi connectivity index (χ4n) is 0.778. The van der Waals surface area contributed by atoms with Crippen LogP contribution in [0.3, 0.4) is 0 Å². The second kappa shape index (κ2) is 3.64. The van der Waals surface area contributed by atoms with Crippen molar-refractivity contribution >= 4 is 5.69 Å². The Bertz CT molecular complexity index is 270. The maximum atomic E-state index is 12.4. The molecule has 0 aliphatic heterocycles. The Morgan fingerprint density at radius 1 is 1.15 bits per heavy atom. The molecule has 0 radical (unpaired) electrons. The molecule has 1 nitrogen and oxygen atoms in total. The van der Waals surface area contributed by atoms with Crippen molar-refractivity contribution in [1.82, 2.24) is 0 Å². The highest BCUT2D eigenvalue weighted by Gasteiger charge is 2.28. The van der Waals surface area contributed by atoms with Crippen molar-refractivity contribution in [2.75, 3.05) is 12.0 Å². The number of nitrogens with one attached hydrogen (secondary N) is 1. The average molecular weight is 193 g/mol. The van der Waals surface area contributed by atoms with Crippen molar-refractivity contribution in [3.63, 3.8) is 0 Å². The van der Waals surface area contributed by atoms with E-state index in [1.807, 2.05) is 0 Å². The van der Waals surface area contributed by atoms with Gasteiger partial charge in [-0.15, -0.1) is 0 Å². The summed E-state index contributed by atoms with van der Waals surface area (Å²) < 4.78 is 48.7. The van der Waals surface area contributed by atoms with Crippen LogP contribution in [0.4, 0.5) is 23.2 Å². The Kier molecular flexibility index (Phi) is 2.75.